The van der Waals surface area contributed by atoms with E-state index in [0.29, 0.717) is 16.7 Å². The third-order valence-electron chi connectivity index (χ3n) is 4.45. The smallest absolute Gasteiger partial charge is 0.297 e. The molecule has 2 aromatic carbocycles. The van der Waals surface area contributed by atoms with Gasteiger partial charge in [-0.05, 0) is 24.3 Å². The summed E-state index contributed by atoms with van der Waals surface area (Å²) in [5.41, 5.74) is 1.38. The molecule has 0 radical (unpaired) electrons. The van der Waals surface area contributed by atoms with Crippen molar-refractivity contribution >= 4 is 27.8 Å². The molecule has 3 aromatic heterocycles. The van der Waals surface area contributed by atoms with Crippen molar-refractivity contribution in [1.29, 1.82) is 0 Å². The van der Waals surface area contributed by atoms with Crippen molar-refractivity contribution in [3.63, 3.8) is 0 Å². The van der Waals surface area contributed by atoms with Crippen molar-refractivity contribution in [3.8, 4) is 11.5 Å². The number of para-hydroxylation sites is 1. The third kappa shape index (κ3) is 2.83. The Labute approximate surface area is 161 Å². The van der Waals surface area contributed by atoms with Crippen LogP contribution in [0.15, 0.2) is 68.5 Å². The lowest BCUT2D eigenvalue weighted by atomic mass is 10.2. The lowest BCUT2D eigenvalue weighted by Gasteiger charge is -2.00. The fourth-order valence-electron chi connectivity index (χ4n) is 3.03. The van der Waals surface area contributed by atoms with E-state index in [4.69, 9.17) is 8.83 Å². The van der Waals surface area contributed by atoms with Gasteiger partial charge in [-0.1, -0.05) is 12.1 Å². The van der Waals surface area contributed by atoms with E-state index in [1.165, 1.54) is 35.2 Å². The highest BCUT2D eigenvalue weighted by Gasteiger charge is 2.16. The van der Waals surface area contributed by atoms with Crippen LogP contribution in [-0.2, 0) is 6.54 Å². The fourth-order valence-corrected chi connectivity index (χ4v) is 3.03. The van der Waals surface area contributed by atoms with Crippen LogP contribution in [0.1, 0.15) is 5.89 Å². The lowest BCUT2D eigenvalue weighted by Crippen LogP contribution is -2.20. The zero-order valence-electron chi connectivity index (χ0n) is 14.7. The average Bonchev–Trinajstić information content (AvgIpc) is 3.35. The standard InChI is InChI=1S/C19H11N5O5/c25-19-17-16(13-3-1-2-4-14(13)28-17)20-10-23(19)9-15-21-22-18(29-15)11-5-7-12(8-6-11)24(26)27/h1-8,10H,9H2. The summed E-state index contributed by atoms with van der Waals surface area (Å²) in [6.07, 6.45) is 1.41. The van der Waals surface area contributed by atoms with E-state index in [1.54, 1.807) is 6.07 Å². The predicted octanol–water partition coefficient (Wildman–Crippen LogP) is 3.15. The Morgan fingerprint density at radius 1 is 1.03 bits per heavy atom. The Bertz CT molecular complexity index is 1430. The predicted molar refractivity (Wildman–Crippen MR) is 101 cm³/mol. The van der Waals surface area contributed by atoms with Crippen molar-refractivity contribution in [2.45, 2.75) is 6.54 Å². The molecule has 10 nitrogen and oxygen atoms in total. The van der Waals surface area contributed by atoms with Crippen molar-refractivity contribution in [3.05, 3.63) is 81.2 Å². The number of furan rings is 1. The van der Waals surface area contributed by atoms with Gasteiger partial charge in [0.25, 0.3) is 11.2 Å². The van der Waals surface area contributed by atoms with E-state index in [0.717, 1.165) is 5.39 Å². The van der Waals surface area contributed by atoms with Crippen LogP contribution in [0, 0.1) is 10.1 Å². The maximum atomic E-state index is 12.8. The van der Waals surface area contributed by atoms with Crippen molar-refractivity contribution < 1.29 is 13.8 Å². The normalized spacial score (nSPS) is 11.3. The molecule has 29 heavy (non-hydrogen) atoms. The van der Waals surface area contributed by atoms with Crippen LogP contribution in [0.25, 0.3) is 33.5 Å². The molecule has 142 valence electrons. The third-order valence-corrected chi connectivity index (χ3v) is 4.45. The number of nitro groups is 1. The molecular weight excluding hydrogens is 378 g/mol. The maximum Gasteiger partial charge on any atom is 0.297 e. The van der Waals surface area contributed by atoms with Crippen LogP contribution in [-0.4, -0.2) is 24.7 Å². The molecular formula is C19H11N5O5. The highest BCUT2D eigenvalue weighted by Crippen LogP contribution is 2.24. The summed E-state index contributed by atoms with van der Waals surface area (Å²) in [4.78, 5) is 27.3. The maximum absolute atomic E-state index is 12.8. The molecule has 0 spiro atoms. The Hall–Kier alpha value is -4.34. The SMILES string of the molecule is O=c1c2oc3ccccc3c2ncn1Cc1nnc(-c2ccc([N+](=O)[O-])cc2)o1. The first-order valence-corrected chi connectivity index (χ1v) is 8.54. The molecule has 5 aromatic rings. The molecule has 0 amide bonds. The first-order valence-electron chi connectivity index (χ1n) is 8.54. The summed E-state index contributed by atoms with van der Waals surface area (Å²) in [5.74, 6) is 0.387. The van der Waals surface area contributed by atoms with E-state index < -0.39 is 4.92 Å². The molecule has 0 aliphatic heterocycles. The number of nitro benzene ring substituents is 1. The number of rotatable bonds is 4. The number of non-ortho nitro benzene ring substituents is 1. The molecule has 0 saturated heterocycles. The zero-order chi connectivity index (χ0) is 20.0. The van der Waals surface area contributed by atoms with Gasteiger partial charge in [-0.25, -0.2) is 4.98 Å². The van der Waals surface area contributed by atoms with Gasteiger partial charge in [0.2, 0.25) is 17.4 Å². The van der Waals surface area contributed by atoms with Gasteiger partial charge in [-0.3, -0.25) is 19.5 Å². The van der Waals surface area contributed by atoms with Gasteiger partial charge < -0.3 is 8.83 Å². The van der Waals surface area contributed by atoms with Gasteiger partial charge >= 0.3 is 0 Å². The minimum Gasteiger partial charge on any atom is -0.448 e. The number of hydrogen-bond donors (Lipinski definition) is 0. The van der Waals surface area contributed by atoms with Crippen LogP contribution < -0.4 is 5.56 Å². The van der Waals surface area contributed by atoms with E-state index in [-0.39, 0.29) is 35.2 Å². The summed E-state index contributed by atoms with van der Waals surface area (Å²) >= 11 is 0. The van der Waals surface area contributed by atoms with E-state index in [1.807, 2.05) is 18.2 Å². The number of fused-ring (bicyclic) bond motifs is 3. The monoisotopic (exact) mass is 389 g/mol. The van der Waals surface area contributed by atoms with E-state index in [9.17, 15) is 14.9 Å². The second kappa shape index (κ2) is 6.37. The number of aromatic nitrogens is 4. The molecule has 0 saturated carbocycles. The van der Waals surface area contributed by atoms with E-state index >= 15 is 0 Å². The average molecular weight is 389 g/mol. The minimum absolute atomic E-state index is 0.0127. The van der Waals surface area contributed by atoms with Crippen molar-refractivity contribution in [2.75, 3.05) is 0 Å². The Morgan fingerprint density at radius 3 is 2.62 bits per heavy atom. The van der Waals surface area contributed by atoms with Gasteiger partial charge in [0.05, 0.1) is 11.3 Å². The van der Waals surface area contributed by atoms with Gasteiger partial charge in [0.1, 0.15) is 17.6 Å². The summed E-state index contributed by atoms with van der Waals surface area (Å²) in [7, 11) is 0. The molecule has 0 aliphatic carbocycles. The van der Waals surface area contributed by atoms with Crippen molar-refractivity contribution in [2.24, 2.45) is 0 Å². The largest absolute Gasteiger partial charge is 0.448 e. The summed E-state index contributed by atoms with van der Waals surface area (Å²) in [6.45, 7) is 0.0127. The topological polar surface area (TPSA) is 130 Å². The Kier molecular flexibility index (Phi) is 3.69. The summed E-state index contributed by atoms with van der Waals surface area (Å²) in [6, 6.07) is 13.0. The second-order valence-corrected chi connectivity index (χ2v) is 6.26. The highest BCUT2D eigenvalue weighted by atomic mass is 16.6. The highest BCUT2D eigenvalue weighted by molar-refractivity contribution is 6.01. The molecule has 5 rings (SSSR count). The first-order chi connectivity index (χ1) is 14.1. The first kappa shape index (κ1) is 16.8. The molecule has 0 bridgehead atoms. The quantitative estimate of drug-likeness (QED) is 0.338. The molecule has 0 aliphatic rings. The second-order valence-electron chi connectivity index (χ2n) is 6.26. The number of benzene rings is 2. The molecule has 10 heteroatoms. The Morgan fingerprint density at radius 2 is 1.83 bits per heavy atom. The van der Waals surface area contributed by atoms with E-state index in [2.05, 4.69) is 15.2 Å². The fraction of sp³-hybridized carbons (Fsp3) is 0.0526. The van der Waals surface area contributed by atoms with Crippen LogP contribution in [0.5, 0.6) is 0 Å². The van der Waals surface area contributed by atoms with Crippen LogP contribution in [0.4, 0.5) is 5.69 Å². The van der Waals surface area contributed by atoms with Gasteiger partial charge in [-0.2, -0.15) is 0 Å². The van der Waals surface area contributed by atoms with Gasteiger partial charge in [0, 0.05) is 23.1 Å². The summed E-state index contributed by atoms with van der Waals surface area (Å²) in [5, 5.41) is 19.4. The van der Waals surface area contributed by atoms with Gasteiger partial charge in [0.15, 0.2) is 0 Å². The summed E-state index contributed by atoms with van der Waals surface area (Å²) < 4.78 is 12.6. The lowest BCUT2D eigenvalue weighted by molar-refractivity contribution is -0.384. The molecule has 0 atom stereocenters. The molecule has 0 N–H and O–H groups in total. The number of hydrogen-bond acceptors (Lipinski definition) is 8. The molecule has 0 fully saturated rings. The molecule has 0 unspecified atom stereocenters. The molecule has 3 heterocycles. The van der Waals surface area contributed by atoms with Crippen LogP contribution in [0.3, 0.4) is 0 Å². The number of nitrogens with zero attached hydrogens (tertiary/aromatic N) is 5. The van der Waals surface area contributed by atoms with Crippen LogP contribution >= 0.6 is 0 Å². The zero-order valence-corrected chi connectivity index (χ0v) is 14.7. The Balaban J connectivity index is 1.47. The van der Waals surface area contributed by atoms with Gasteiger partial charge in [-0.15, -0.1) is 10.2 Å². The minimum atomic E-state index is -0.489. The van der Waals surface area contributed by atoms with Crippen LogP contribution in [0.2, 0.25) is 0 Å². The van der Waals surface area contributed by atoms with Crippen molar-refractivity contribution in [1.82, 2.24) is 19.7 Å².